The van der Waals surface area contributed by atoms with Gasteiger partial charge in [0.2, 0.25) is 17.7 Å². The van der Waals surface area contributed by atoms with Crippen LogP contribution in [0.5, 0.6) is 0 Å². The lowest BCUT2D eigenvalue weighted by atomic mass is 10.1. The van der Waals surface area contributed by atoms with Crippen LogP contribution in [0.1, 0.15) is 23.1 Å². The molecule has 1 fully saturated rings. The minimum absolute atomic E-state index is 0.0321. The van der Waals surface area contributed by atoms with Crippen molar-refractivity contribution < 1.29 is 14.4 Å². The molecule has 0 aliphatic carbocycles. The van der Waals surface area contributed by atoms with Crippen molar-refractivity contribution >= 4 is 23.4 Å². The predicted octanol–water partition coefficient (Wildman–Crippen LogP) is 2.14. The van der Waals surface area contributed by atoms with Crippen molar-refractivity contribution in [3.8, 4) is 0 Å². The third kappa shape index (κ3) is 6.92. The summed E-state index contributed by atoms with van der Waals surface area (Å²) >= 11 is 0. The summed E-state index contributed by atoms with van der Waals surface area (Å²) in [6.07, 6.45) is 0.603. The van der Waals surface area contributed by atoms with Crippen molar-refractivity contribution in [2.75, 3.05) is 44.6 Å². The van der Waals surface area contributed by atoms with E-state index in [4.69, 9.17) is 0 Å². The fourth-order valence-electron chi connectivity index (χ4n) is 3.86. The van der Waals surface area contributed by atoms with E-state index in [2.05, 4.69) is 15.5 Å². The molecule has 3 amide bonds. The molecule has 0 unspecified atom stereocenters. The molecule has 0 spiro atoms. The highest BCUT2D eigenvalue weighted by atomic mass is 16.2. The Balaban J connectivity index is 1.34. The Labute approximate surface area is 189 Å². The molecule has 2 aromatic carbocycles. The molecule has 32 heavy (non-hydrogen) atoms. The number of nitrogens with one attached hydrogen (secondary N) is 2. The van der Waals surface area contributed by atoms with E-state index in [0.717, 1.165) is 22.4 Å². The van der Waals surface area contributed by atoms with Gasteiger partial charge in [-0.15, -0.1) is 0 Å². The smallest absolute Gasteiger partial charge is 0.238 e. The number of anilines is 1. The van der Waals surface area contributed by atoms with Gasteiger partial charge in [-0.2, -0.15) is 0 Å². The first-order valence-electron chi connectivity index (χ1n) is 11.1. The van der Waals surface area contributed by atoms with Crippen LogP contribution >= 0.6 is 0 Å². The molecule has 2 aromatic rings. The summed E-state index contributed by atoms with van der Waals surface area (Å²) in [7, 11) is 0. The van der Waals surface area contributed by atoms with Gasteiger partial charge in [0.1, 0.15) is 0 Å². The monoisotopic (exact) mass is 436 g/mol. The summed E-state index contributed by atoms with van der Waals surface area (Å²) in [6.45, 7) is 7.11. The zero-order chi connectivity index (χ0) is 22.9. The van der Waals surface area contributed by atoms with Gasteiger partial charge in [0.05, 0.1) is 13.0 Å². The summed E-state index contributed by atoms with van der Waals surface area (Å²) in [5, 5.41) is 5.83. The first-order chi connectivity index (χ1) is 15.4. The van der Waals surface area contributed by atoms with Crippen molar-refractivity contribution in [1.82, 2.24) is 15.1 Å². The number of hydrogen-bond acceptors (Lipinski definition) is 4. The summed E-state index contributed by atoms with van der Waals surface area (Å²) < 4.78 is 0. The molecule has 1 saturated heterocycles. The normalized spacial score (nSPS) is 14.1. The topological polar surface area (TPSA) is 81.8 Å². The number of amides is 3. The molecular formula is C25H32N4O3. The summed E-state index contributed by atoms with van der Waals surface area (Å²) in [5.74, 6) is -0.0864. The number of rotatable bonds is 8. The standard InChI is InChI=1S/C25H32N4O3/c1-19-7-6-8-20(2)25(19)27-23(31)18-28-13-15-29(16-14-28)24(32)11-12-26-22(30)17-21-9-4-3-5-10-21/h3-10H,11-18H2,1-2H3,(H,26,30)(H,27,31). The molecule has 1 aliphatic heterocycles. The van der Waals surface area contributed by atoms with Crippen LogP contribution in [0.25, 0.3) is 0 Å². The molecule has 0 atom stereocenters. The third-order valence-corrected chi connectivity index (χ3v) is 5.71. The van der Waals surface area contributed by atoms with Crippen LogP contribution in [0.4, 0.5) is 5.69 Å². The molecule has 2 N–H and O–H groups in total. The van der Waals surface area contributed by atoms with Gasteiger partial charge in [-0.05, 0) is 30.5 Å². The van der Waals surface area contributed by atoms with Gasteiger partial charge >= 0.3 is 0 Å². The van der Waals surface area contributed by atoms with Crippen molar-refractivity contribution in [3.05, 3.63) is 65.2 Å². The van der Waals surface area contributed by atoms with E-state index in [9.17, 15) is 14.4 Å². The quantitative estimate of drug-likeness (QED) is 0.664. The highest BCUT2D eigenvalue weighted by Crippen LogP contribution is 2.19. The van der Waals surface area contributed by atoms with Gasteiger partial charge in [0.15, 0.2) is 0 Å². The molecular weight excluding hydrogens is 404 g/mol. The predicted molar refractivity (Wildman–Crippen MR) is 125 cm³/mol. The van der Waals surface area contributed by atoms with Gasteiger partial charge in [-0.1, -0.05) is 48.5 Å². The van der Waals surface area contributed by atoms with Crippen molar-refractivity contribution in [2.24, 2.45) is 0 Å². The number of nitrogens with zero attached hydrogens (tertiary/aromatic N) is 2. The van der Waals surface area contributed by atoms with Crippen molar-refractivity contribution in [2.45, 2.75) is 26.7 Å². The van der Waals surface area contributed by atoms with E-state index < -0.39 is 0 Å². The minimum Gasteiger partial charge on any atom is -0.355 e. The number of para-hydroxylation sites is 1. The van der Waals surface area contributed by atoms with Gasteiger partial charge in [0.25, 0.3) is 0 Å². The van der Waals surface area contributed by atoms with E-state index in [1.54, 1.807) is 0 Å². The fraction of sp³-hybridized carbons (Fsp3) is 0.400. The average Bonchev–Trinajstić information content (AvgIpc) is 2.77. The maximum atomic E-state index is 12.5. The third-order valence-electron chi connectivity index (χ3n) is 5.71. The Bertz CT molecular complexity index is 917. The van der Waals surface area contributed by atoms with E-state index in [1.807, 2.05) is 67.3 Å². The number of carbonyl (C=O) groups is 3. The van der Waals surface area contributed by atoms with Crippen LogP contribution < -0.4 is 10.6 Å². The SMILES string of the molecule is Cc1cccc(C)c1NC(=O)CN1CCN(C(=O)CCNC(=O)Cc2ccccc2)CC1. The summed E-state index contributed by atoms with van der Waals surface area (Å²) in [6, 6.07) is 15.5. The van der Waals surface area contributed by atoms with Gasteiger partial charge in [-0.3, -0.25) is 19.3 Å². The minimum atomic E-state index is -0.0799. The molecule has 1 heterocycles. The van der Waals surface area contributed by atoms with Gasteiger partial charge < -0.3 is 15.5 Å². The first kappa shape index (κ1) is 23.5. The van der Waals surface area contributed by atoms with Crippen LogP contribution in [0.15, 0.2) is 48.5 Å². The molecule has 0 saturated carbocycles. The molecule has 0 bridgehead atoms. The number of aryl methyl sites for hydroxylation is 2. The Kier molecular flexibility index (Phi) is 8.39. The lowest BCUT2D eigenvalue weighted by Crippen LogP contribution is -2.50. The van der Waals surface area contributed by atoms with E-state index in [-0.39, 0.29) is 24.1 Å². The van der Waals surface area contributed by atoms with E-state index in [0.29, 0.717) is 45.7 Å². The second-order valence-electron chi connectivity index (χ2n) is 8.23. The average molecular weight is 437 g/mol. The largest absolute Gasteiger partial charge is 0.355 e. The lowest BCUT2D eigenvalue weighted by Gasteiger charge is -2.34. The molecule has 170 valence electrons. The number of hydrogen-bond donors (Lipinski definition) is 2. The second kappa shape index (κ2) is 11.4. The van der Waals surface area contributed by atoms with Crippen LogP contribution in [-0.2, 0) is 20.8 Å². The Hall–Kier alpha value is -3.19. The highest BCUT2D eigenvalue weighted by Gasteiger charge is 2.22. The Morgan fingerprint density at radius 2 is 1.50 bits per heavy atom. The maximum Gasteiger partial charge on any atom is 0.238 e. The number of carbonyl (C=O) groups excluding carboxylic acids is 3. The molecule has 1 aliphatic rings. The Morgan fingerprint density at radius 3 is 2.16 bits per heavy atom. The van der Waals surface area contributed by atoms with Crippen LogP contribution in [0, 0.1) is 13.8 Å². The molecule has 7 nitrogen and oxygen atoms in total. The number of piperazine rings is 1. The molecule has 0 aromatic heterocycles. The molecule has 7 heteroatoms. The fourth-order valence-corrected chi connectivity index (χ4v) is 3.86. The molecule has 3 rings (SSSR count). The first-order valence-corrected chi connectivity index (χ1v) is 11.1. The van der Waals surface area contributed by atoms with Gasteiger partial charge in [-0.25, -0.2) is 0 Å². The van der Waals surface area contributed by atoms with E-state index >= 15 is 0 Å². The highest BCUT2D eigenvalue weighted by molar-refractivity contribution is 5.93. The van der Waals surface area contributed by atoms with Crippen LogP contribution in [0.2, 0.25) is 0 Å². The van der Waals surface area contributed by atoms with Gasteiger partial charge in [0, 0.05) is 44.8 Å². The lowest BCUT2D eigenvalue weighted by molar-refractivity contribution is -0.133. The van der Waals surface area contributed by atoms with Crippen LogP contribution in [-0.4, -0.2) is 66.8 Å². The Morgan fingerprint density at radius 1 is 0.844 bits per heavy atom. The maximum absolute atomic E-state index is 12.5. The van der Waals surface area contributed by atoms with E-state index in [1.165, 1.54) is 0 Å². The molecule has 0 radical (unpaired) electrons. The van der Waals surface area contributed by atoms with Crippen LogP contribution in [0.3, 0.4) is 0 Å². The zero-order valence-electron chi connectivity index (χ0n) is 18.9. The van der Waals surface area contributed by atoms with Crippen molar-refractivity contribution in [1.29, 1.82) is 0 Å². The number of benzene rings is 2. The summed E-state index contributed by atoms with van der Waals surface area (Å²) in [4.78, 5) is 40.8. The second-order valence-corrected chi connectivity index (χ2v) is 8.23. The van der Waals surface area contributed by atoms with Crippen molar-refractivity contribution in [3.63, 3.8) is 0 Å². The summed E-state index contributed by atoms with van der Waals surface area (Å²) in [5.41, 5.74) is 3.92. The zero-order valence-corrected chi connectivity index (χ0v) is 18.9.